The molecule has 1 N–H and O–H groups in total. The summed E-state index contributed by atoms with van der Waals surface area (Å²) in [7, 11) is 0. The van der Waals surface area contributed by atoms with Crippen LogP contribution >= 0.6 is 15.9 Å². The van der Waals surface area contributed by atoms with E-state index in [4.69, 9.17) is 0 Å². The molecule has 0 saturated heterocycles. The van der Waals surface area contributed by atoms with Gasteiger partial charge in [0.1, 0.15) is 0 Å². The van der Waals surface area contributed by atoms with Crippen molar-refractivity contribution < 1.29 is 0 Å². The van der Waals surface area contributed by atoms with E-state index in [1.807, 2.05) is 0 Å². The molecule has 0 saturated carbocycles. The molecule has 2 aliphatic rings. The largest absolute Gasteiger partial charge is 0.377 e. The molecule has 2 aromatic carbocycles. The van der Waals surface area contributed by atoms with Gasteiger partial charge in [0.05, 0.1) is 6.04 Å². The van der Waals surface area contributed by atoms with Crippen LogP contribution in [0.1, 0.15) is 40.6 Å². The van der Waals surface area contributed by atoms with Crippen molar-refractivity contribution in [2.75, 3.05) is 5.32 Å². The van der Waals surface area contributed by atoms with Crippen LogP contribution in [0.25, 0.3) is 0 Å². The molecule has 1 aliphatic heterocycles. The summed E-state index contributed by atoms with van der Waals surface area (Å²) in [6.45, 7) is 4.45. The third kappa shape index (κ3) is 2.13. The van der Waals surface area contributed by atoms with Gasteiger partial charge in [0.25, 0.3) is 0 Å². The minimum Gasteiger partial charge on any atom is -0.377 e. The van der Waals surface area contributed by atoms with Gasteiger partial charge in [0.15, 0.2) is 0 Å². The highest BCUT2D eigenvalue weighted by Crippen LogP contribution is 2.51. The van der Waals surface area contributed by atoms with E-state index in [0.29, 0.717) is 17.9 Å². The lowest BCUT2D eigenvalue weighted by molar-refractivity contribution is 0.424. The molecule has 0 amide bonds. The van der Waals surface area contributed by atoms with Gasteiger partial charge in [0.2, 0.25) is 0 Å². The molecule has 0 fully saturated rings. The van der Waals surface area contributed by atoms with Crippen LogP contribution < -0.4 is 5.32 Å². The number of fused-ring (bicyclic) bond motifs is 3. The maximum atomic E-state index is 3.86. The first-order chi connectivity index (χ1) is 10.6. The highest BCUT2D eigenvalue weighted by Gasteiger charge is 2.39. The normalized spacial score (nSPS) is 25.5. The zero-order valence-electron chi connectivity index (χ0n) is 12.9. The number of rotatable bonds is 1. The monoisotopic (exact) mass is 353 g/mol. The second-order valence-corrected chi connectivity index (χ2v) is 7.43. The van der Waals surface area contributed by atoms with E-state index < -0.39 is 0 Å². The zero-order valence-corrected chi connectivity index (χ0v) is 14.5. The highest BCUT2D eigenvalue weighted by atomic mass is 79.9. The molecule has 0 unspecified atom stereocenters. The first kappa shape index (κ1) is 14.1. The number of allylic oxidation sites excluding steroid dienone is 2. The fourth-order valence-electron chi connectivity index (χ4n) is 4.07. The molecule has 22 heavy (non-hydrogen) atoms. The van der Waals surface area contributed by atoms with Crippen LogP contribution in [0, 0.1) is 19.8 Å². The summed E-state index contributed by atoms with van der Waals surface area (Å²) in [6.07, 6.45) is 5.93. The number of halogens is 1. The SMILES string of the molecule is Cc1ccc(C)c2c1N[C@@H](c1cccc(Br)c1)[C@H]1CC=C[C@@H]21. The lowest BCUT2D eigenvalue weighted by atomic mass is 9.75. The van der Waals surface area contributed by atoms with E-state index in [0.717, 1.165) is 10.9 Å². The van der Waals surface area contributed by atoms with Crippen molar-refractivity contribution in [2.24, 2.45) is 5.92 Å². The maximum Gasteiger partial charge on any atom is 0.0554 e. The van der Waals surface area contributed by atoms with Crippen LogP contribution in [0.15, 0.2) is 53.0 Å². The number of anilines is 1. The quantitative estimate of drug-likeness (QED) is 0.630. The first-order valence-corrected chi connectivity index (χ1v) is 8.73. The standard InChI is InChI=1S/C20H20BrN/c1-12-9-10-13(2)19-18(12)16-7-4-8-17(16)20(22-19)14-5-3-6-15(21)11-14/h3-7,9-11,16-17,20,22H,8H2,1-2H3/t16-,17+,20+/m1/s1. The van der Waals surface area contributed by atoms with Crippen molar-refractivity contribution in [3.63, 3.8) is 0 Å². The van der Waals surface area contributed by atoms with Crippen molar-refractivity contribution in [1.82, 2.24) is 0 Å². The summed E-state index contributed by atoms with van der Waals surface area (Å²) in [4.78, 5) is 0. The Labute approximate surface area is 140 Å². The minimum absolute atomic E-state index is 0.380. The summed E-state index contributed by atoms with van der Waals surface area (Å²) in [5, 5.41) is 3.86. The second kappa shape index (κ2) is 5.27. The van der Waals surface area contributed by atoms with E-state index in [2.05, 4.69) is 83.6 Å². The first-order valence-electron chi connectivity index (χ1n) is 7.94. The molecule has 3 atom stereocenters. The summed E-state index contributed by atoms with van der Waals surface area (Å²) < 4.78 is 1.15. The van der Waals surface area contributed by atoms with Gasteiger partial charge in [-0.3, -0.25) is 0 Å². The molecular formula is C20H20BrN. The van der Waals surface area contributed by atoms with E-state index in [1.165, 1.54) is 27.9 Å². The Morgan fingerprint density at radius 3 is 2.73 bits per heavy atom. The van der Waals surface area contributed by atoms with E-state index >= 15 is 0 Å². The number of aryl methyl sites for hydroxylation is 2. The highest BCUT2D eigenvalue weighted by molar-refractivity contribution is 9.10. The Morgan fingerprint density at radius 2 is 1.91 bits per heavy atom. The molecule has 1 heterocycles. The molecule has 0 bridgehead atoms. The molecule has 112 valence electrons. The number of benzene rings is 2. The smallest absolute Gasteiger partial charge is 0.0554 e. The van der Waals surface area contributed by atoms with Crippen LogP contribution in [-0.2, 0) is 0 Å². The second-order valence-electron chi connectivity index (χ2n) is 6.52. The fraction of sp³-hybridized carbons (Fsp3) is 0.300. The molecule has 0 spiro atoms. The van der Waals surface area contributed by atoms with Crippen LogP contribution in [-0.4, -0.2) is 0 Å². The van der Waals surface area contributed by atoms with Gasteiger partial charge in [-0.05, 0) is 60.6 Å². The lowest BCUT2D eigenvalue weighted by Crippen LogP contribution is -2.30. The molecule has 2 heteroatoms. The van der Waals surface area contributed by atoms with Gasteiger partial charge in [0, 0.05) is 16.1 Å². The van der Waals surface area contributed by atoms with Crippen LogP contribution in [0.3, 0.4) is 0 Å². The summed E-state index contributed by atoms with van der Waals surface area (Å²) in [5.41, 5.74) is 6.98. The van der Waals surface area contributed by atoms with Gasteiger partial charge >= 0.3 is 0 Å². The summed E-state index contributed by atoms with van der Waals surface area (Å²) >= 11 is 3.62. The maximum absolute atomic E-state index is 3.86. The third-order valence-corrected chi connectivity index (χ3v) is 5.65. The molecule has 1 nitrogen and oxygen atoms in total. The molecule has 0 aromatic heterocycles. The average Bonchev–Trinajstić information content (AvgIpc) is 2.99. The molecule has 4 rings (SSSR count). The third-order valence-electron chi connectivity index (χ3n) is 5.15. The molecular weight excluding hydrogens is 334 g/mol. The van der Waals surface area contributed by atoms with Crippen molar-refractivity contribution in [3.05, 3.63) is 75.3 Å². The van der Waals surface area contributed by atoms with Crippen molar-refractivity contribution in [1.29, 1.82) is 0 Å². The molecule has 0 radical (unpaired) electrons. The predicted molar refractivity (Wildman–Crippen MR) is 96.4 cm³/mol. The Morgan fingerprint density at radius 1 is 1.09 bits per heavy atom. The molecule has 1 aliphatic carbocycles. The fourth-order valence-corrected chi connectivity index (χ4v) is 4.49. The lowest BCUT2D eigenvalue weighted by Gasteiger charge is -2.39. The van der Waals surface area contributed by atoms with Gasteiger partial charge in [-0.25, -0.2) is 0 Å². The number of hydrogen-bond acceptors (Lipinski definition) is 1. The predicted octanol–water partition coefficient (Wildman–Crippen LogP) is 5.89. The van der Waals surface area contributed by atoms with E-state index in [-0.39, 0.29) is 0 Å². The van der Waals surface area contributed by atoms with Crippen molar-refractivity contribution in [3.8, 4) is 0 Å². The summed E-state index contributed by atoms with van der Waals surface area (Å²) in [6, 6.07) is 13.6. The molecule has 2 aromatic rings. The summed E-state index contributed by atoms with van der Waals surface area (Å²) in [5.74, 6) is 1.16. The van der Waals surface area contributed by atoms with Crippen LogP contribution in [0.4, 0.5) is 5.69 Å². The van der Waals surface area contributed by atoms with Crippen molar-refractivity contribution >= 4 is 21.6 Å². The van der Waals surface area contributed by atoms with Gasteiger partial charge in [-0.15, -0.1) is 0 Å². The van der Waals surface area contributed by atoms with Gasteiger partial charge < -0.3 is 5.32 Å². The van der Waals surface area contributed by atoms with Gasteiger partial charge in [-0.2, -0.15) is 0 Å². The van der Waals surface area contributed by atoms with Crippen LogP contribution in [0.5, 0.6) is 0 Å². The Kier molecular flexibility index (Phi) is 3.37. The Hall–Kier alpha value is -1.54. The van der Waals surface area contributed by atoms with E-state index in [1.54, 1.807) is 0 Å². The van der Waals surface area contributed by atoms with Crippen molar-refractivity contribution in [2.45, 2.75) is 32.2 Å². The average molecular weight is 354 g/mol. The Balaban J connectivity index is 1.86. The minimum atomic E-state index is 0.380. The van der Waals surface area contributed by atoms with Crippen LogP contribution in [0.2, 0.25) is 0 Å². The zero-order chi connectivity index (χ0) is 15.3. The van der Waals surface area contributed by atoms with E-state index in [9.17, 15) is 0 Å². The topological polar surface area (TPSA) is 12.0 Å². The number of nitrogens with one attached hydrogen (secondary N) is 1. The van der Waals surface area contributed by atoms with Gasteiger partial charge in [-0.1, -0.05) is 52.3 Å². The number of hydrogen-bond donors (Lipinski definition) is 1. The Bertz CT molecular complexity index is 762.